The molecule has 1 aliphatic rings. The number of aromatic amines is 1. The van der Waals surface area contributed by atoms with E-state index in [0.717, 1.165) is 36.8 Å². The van der Waals surface area contributed by atoms with Crippen molar-refractivity contribution in [2.24, 2.45) is 0 Å². The standard InChI is InChI=1S/C30H27BrN2/c31-24-15-12-21(13-16-24)14-17-29-30-27(26-10-3-4-11-28(26)32-30)18-19-33(29)20-23-8-5-7-22-6-1-2-9-25(22)23/h1-13,15-16,29,32H,14,17-20H2/t29-/m1/s1. The molecule has 0 aliphatic carbocycles. The number of para-hydroxylation sites is 1. The molecule has 0 saturated carbocycles. The Morgan fingerprint density at radius 3 is 2.45 bits per heavy atom. The summed E-state index contributed by atoms with van der Waals surface area (Å²) in [4.78, 5) is 6.51. The van der Waals surface area contributed by atoms with Crippen molar-refractivity contribution in [2.45, 2.75) is 31.8 Å². The number of rotatable bonds is 5. The molecule has 2 nitrogen and oxygen atoms in total. The van der Waals surface area contributed by atoms with Gasteiger partial charge in [-0.3, -0.25) is 4.90 Å². The highest BCUT2D eigenvalue weighted by Crippen LogP contribution is 2.38. The summed E-state index contributed by atoms with van der Waals surface area (Å²) in [5.74, 6) is 0. The minimum atomic E-state index is 0.378. The van der Waals surface area contributed by atoms with E-state index in [2.05, 4.69) is 117 Å². The lowest BCUT2D eigenvalue weighted by molar-refractivity contribution is 0.165. The zero-order valence-corrected chi connectivity index (χ0v) is 20.2. The third kappa shape index (κ3) is 4.01. The van der Waals surface area contributed by atoms with Gasteiger partial charge in [-0.1, -0.05) is 88.7 Å². The van der Waals surface area contributed by atoms with Gasteiger partial charge in [0.05, 0.1) is 6.04 Å². The predicted octanol–water partition coefficient (Wildman–Crippen LogP) is 7.82. The van der Waals surface area contributed by atoms with Crippen LogP contribution in [0.5, 0.6) is 0 Å². The smallest absolute Gasteiger partial charge is 0.0508 e. The second kappa shape index (κ2) is 8.81. The van der Waals surface area contributed by atoms with E-state index in [9.17, 15) is 0 Å². The molecule has 164 valence electrons. The Balaban J connectivity index is 1.36. The van der Waals surface area contributed by atoms with Crippen molar-refractivity contribution in [3.8, 4) is 0 Å². The Hall–Kier alpha value is -2.88. The number of aromatic nitrogens is 1. The molecule has 0 unspecified atom stereocenters. The fraction of sp³-hybridized carbons (Fsp3) is 0.200. The number of H-pyrrole nitrogens is 1. The summed E-state index contributed by atoms with van der Waals surface area (Å²) in [5.41, 5.74) is 7.01. The molecule has 0 spiro atoms. The van der Waals surface area contributed by atoms with Gasteiger partial charge in [0.15, 0.2) is 0 Å². The molecule has 6 rings (SSSR count). The molecule has 0 amide bonds. The third-order valence-electron chi connectivity index (χ3n) is 7.14. The molecule has 5 aromatic rings. The van der Waals surface area contributed by atoms with E-state index in [1.165, 1.54) is 44.1 Å². The first kappa shape index (κ1) is 20.7. The van der Waals surface area contributed by atoms with E-state index < -0.39 is 0 Å². The molecule has 0 bridgehead atoms. The fourth-order valence-corrected chi connectivity index (χ4v) is 5.75. The molecule has 1 atom stereocenters. The Labute approximate surface area is 203 Å². The average molecular weight is 495 g/mol. The highest BCUT2D eigenvalue weighted by Gasteiger charge is 2.30. The van der Waals surface area contributed by atoms with Crippen LogP contribution in [0.25, 0.3) is 21.7 Å². The summed E-state index contributed by atoms with van der Waals surface area (Å²) >= 11 is 3.57. The first-order chi connectivity index (χ1) is 16.3. The summed E-state index contributed by atoms with van der Waals surface area (Å²) in [6, 6.07) is 33.4. The Kier molecular flexibility index (Phi) is 5.53. The van der Waals surface area contributed by atoms with Gasteiger partial charge in [0.1, 0.15) is 0 Å². The molecule has 4 aromatic carbocycles. The first-order valence-corrected chi connectivity index (χ1v) is 12.6. The Morgan fingerprint density at radius 2 is 1.58 bits per heavy atom. The van der Waals surface area contributed by atoms with Crippen molar-refractivity contribution in [3.05, 3.63) is 118 Å². The van der Waals surface area contributed by atoms with E-state index in [-0.39, 0.29) is 0 Å². The van der Waals surface area contributed by atoms with Crippen LogP contribution in [0.3, 0.4) is 0 Å². The number of nitrogens with zero attached hydrogens (tertiary/aromatic N) is 1. The van der Waals surface area contributed by atoms with Crippen LogP contribution in [-0.2, 0) is 19.4 Å². The van der Waals surface area contributed by atoms with Gasteiger partial charge in [-0.15, -0.1) is 0 Å². The SMILES string of the molecule is Brc1ccc(CC[C@@H]2c3[nH]c4ccccc4c3CCN2Cc2cccc3ccccc23)cc1. The van der Waals surface area contributed by atoms with Crippen molar-refractivity contribution in [2.75, 3.05) is 6.54 Å². The maximum Gasteiger partial charge on any atom is 0.0508 e. The summed E-state index contributed by atoms with van der Waals surface area (Å²) in [7, 11) is 0. The number of hydrogen-bond donors (Lipinski definition) is 1. The van der Waals surface area contributed by atoms with Crippen molar-refractivity contribution in [1.82, 2.24) is 9.88 Å². The molecule has 2 heterocycles. The van der Waals surface area contributed by atoms with Crippen LogP contribution >= 0.6 is 15.9 Å². The monoisotopic (exact) mass is 494 g/mol. The third-order valence-corrected chi connectivity index (χ3v) is 7.67. The van der Waals surface area contributed by atoms with Crippen molar-refractivity contribution in [1.29, 1.82) is 0 Å². The van der Waals surface area contributed by atoms with Crippen LogP contribution in [0, 0.1) is 0 Å². The van der Waals surface area contributed by atoms with E-state index in [1.807, 2.05) is 0 Å². The quantitative estimate of drug-likeness (QED) is 0.263. The number of nitrogens with one attached hydrogen (secondary N) is 1. The summed E-state index contributed by atoms with van der Waals surface area (Å²) in [6.45, 7) is 2.06. The van der Waals surface area contributed by atoms with Crippen LogP contribution in [0.4, 0.5) is 0 Å². The predicted molar refractivity (Wildman–Crippen MR) is 142 cm³/mol. The van der Waals surface area contributed by atoms with Crippen LogP contribution in [0.2, 0.25) is 0 Å². The fourth-order valence-electron chi connectivity index (χ4n) is 5.49. The molecular formula is C30H27BrN2. The minimum absolute atomic E-state index is 0.378. The minimum Gasteiger partial charge on any atom is -0.357 e. The normalized spacial score (nSPS) is 16.3. The Morgan fingerprint density at radius 1 is 0.818 bits per heavy atom. The lowest BCUT2D eigenvalue weighted by atomic mass is 9.92. The molecule has 1 aromatic heterocycles. The van der Waals surface area contributed by atoms with Crippen LogP contribution in [0.1, 0.15) is 34.8 Å². The average Bonchev–Trinajstić information content (AvgIpc) is 3.23. The van der Waals surface area contributed by atoms with Gasteiger partial charge in [-0.2, -0.15) is 0 Å². The van der Waals surface area contributed by atoms with E-state index in [1.54, 1.807) is 0 Å². The largest absolute Gasteiger partial charge is 0.357 e. The Bertz CT molecular complexity index is 1410. The van der Waals surface area contributed by atoms with Gasteiger partial charge in [0.25, 0.3) is 0 Å². The summed E-state index contributed by atoms with van der Waals surface area (Å²) in [5, 5.41) is 4.09. The second-order valence-corrected chi connectivity index (χ2v) is 10.0. The molecule has 3 heteroatoms. The molecule has 0 fully saturated rings. The van der Waals surface area contributed by atoms with Crippen molar-refractivity contribution >= 4 is 37.6 Å². The van der Waals surface area contributed by atoms with Gasteiger partial charge in [0.2, 0.25) is 0 Å². The summed E-state index contributed by atoms with van der Waals surface area (Å²) in [6.07, 6.45) is 3.27. The van der Waals surface area contributed by atoms with Gasteiger partial charge < -0.3 is 4.98 Å². The van der Waals surface area contributed by atoms with E-state index in [0.29, 0.717) is 6.04 Å². The van der Waals surface area contributed by atoms with Gasteiger partial charge in [-0.05, 0) is 64.9 Å². The van der Waals surface area contributed by atoms with Gasteiger partial charge in [-0.25, -0.2) is 0 Å². The van der Waals surface area contributed by atoms with Crippen LogP contribution < -0.4 is 0 Å². The van der Waals surface area contributed by atoms with Crippen molar-refractivity contribution < 1.29 is 0 Å². The first-order valence-electron chi connectivity index (χ1n) is 11.8. The van der Waals surface area contributed by atoms with Gasteiger partial charge in [0, 0.05) is 34.2 Å². The van der Waals surface area contributed by atoms with Gasteiger partial charge >= 0.3 is 0 Å². The second-order valence-electron chi connectivity index (χ2n) is 9.10. The zero-order chi connectivity index (χ0) is 22.2. The number of fused-ring (bicyclic) bond motifs is 4. The molecule has 1 N–H and O–H groups in total. The highest BCUT2D eigenvalue weighted by molar-refractivity contribution is 9.10. The number of aryl methyl sites for hydroxylation is 1. The number of benzene rings is 4. The lowest BCUT2D eigenvalue weighted by Gasteiger charge is -2.36. The van der Waals surface area contributed by atoms with Crippen LogP contribution in [0.15, 0.2) is 95.5 Å². The topological polar surface area (TPSA) is 19.0 Å². The maximum absolute atomic E-state index is 3.82. The van der Waals surface area contributed by atoms with Crippen LogP contribution in [-0.4, -0.2) is 16.4 Å². The van der Waals surface area contributed by atoms with Crippen molar-refractivity contribution in [3.63, 3.8) is 0 Å². The number of halogens is 1. The molecule has 33 heavy (non-hydrogen) atoms. The summed E-state index contributed by atoms with van der Waals surface area (Å²) < 4.78 is 1.14. The molecular weight excluding hydrogens is 468 g/mol. The molecule has 1 aliphatic heterocycles. The number of hydrogen-bond acceptors (Lipinski definition) is 1. The van der Waals surface area contributed by atoms with E-state index in [4.69, 9.17) is 0 Å². The lowest BCUT2D eigenvalue weighted by Crippen LogP contribution is -2.35. The highest BCUT2D eigenvalue weighted by atomic mass is 79.9. The molecule has 0 radical (unpaired) electrons. The van der Waals surface area contributed by atoms with E-state index >= 15 is 0 Å². The molecule has 0 saturated heterocycles. The maximum atomic E-state index is 3.82. The zero-order valence-electron chi connectivity index (χ0n) is 18.6.